The van der Waals surface area contributed by atoms with E-state index in [0.29, 0.717) is 5.56 Å². The maximum atomic E-state index is 11.7. The number of hydrogen-bond acceptors (Lipinski definition) is 5. The predicted octanol–water partition coefficient (Wildman–Crippen LogP) is 1.79. The Morgan fingerprint density at radius 1 is 1.44 bits per heavy atom. The van der Waals surface area contributed by atoms with Gasteiger partial charge in [-0.1, -0.05) is 18.2 Å². The van der Waals surface area contributed by atoms with Gasteiger partial charge in [0.1, 0.15) is 0 Å². The fourth-order valence-corrected chi connectivity index (χ4v) is 1.70. The highest BCUT2D eigenvalue weighted by Crippen LogP contribution is 2.36. The summed E-state index contributed by atoms with van der Waals surface area (Å²) >= 11 is 0. The highest BCUT2D eigenvalue weighted by atomic mass is 16.6. The van der Waals surface area contributed by atoms with Gasteiger partial charge in [-0.05, 0) is 13.8 Å². The van der Waals surface area contributed by atoms with Gasteiger partial charge in [-0.15, -0.1) is 0 Å². The molecule has 1 rings (SSSR count). The number of para-hydroxylation sites is 1. The van der Waals surface area contributed by atoms with E-state index in [1.54, 1.807) is 32.0 Å². The first-order valence-corrected chi connectivity index (χ1v) is 5.39. The summed E-state index contributed by atoms with van der Waals surface area (Å²) in [6, 6.07) is 5.30. The van der Waals surface area contributed by atoms with Gasteiger partial charge < -0.3 is 10.5 Å². The summed E-state index contributed by atoms with van der Waals surface area (Å²) in [5.41, 5.74) is 5.16. The summed E-state index contributed by atoms with van der Waals surface area (Å²) < 4.78 is 4.67. The number of nitro groups is 1. The van der Waals surface area contributed by atoms with Crippen LogP contribution in [0.25, 0.3) is 0 Å². The van der Waals surface area contributed by atoms with Gasteiger partial charge in [0, 0.05) is 11.6 Å². The SMILES string of the molecule is COC(=O)C(C)(C)C(N)c1ccccc1[N+](=O)[O-]. The lowest BCUT2D eigenvalue weighted by molar-refractivity contribution is -0.385. The van der Waals surface area contributed by atoms with Crippen LogP contribution in [-0.4, -0.2) is 18.0 Å². The fraction of sp³-hybridized carbons (Fsp3) is 0.417. The molecule has 0 aliphatic rings. The van der Waals surface area contributed by atoms with Crippen molar-refractivity contribution in [2.45, 2.75) is 19.9 Å². The van der Waals surface area contributed by atoms with Crippen LogP contribution in [0.5, 0.6) is 0 Å². The van der Waals surface area contributed by atoms with E-state index in [0.717, 1.165) is 0 Å². The van der Waals surface area contributed by atoms with Crippen molar-refractivity contribution < 1.29 is 14.5 Å². The molecule has 1 unspecified atom stereocenters. The number of nitrogens with two attached hydrogens (primary N) is 1. The Morgan fingerprint density at radius 3 is 2.50 bits per heavy atom. The third kappa shape index (κ3) is 2.48. The van der Waals surface area contributed by atoms with Gasteiger partial charge in [0.05, 0.1) is 23.5 Å². The Hall–Kier alpha value is -1.95. The minimum Gasteiger partial charge on any atom is -0.469 e. The zero-order valence-electron chi connectivity index (χ0n) is 10.5. The molecule has 0 bridgehead atoms. The first-order valence-electron chi connectivity index (χ1n) is 5.39. The van der Waals surface area contributed by atoms with E-state index in [-0.39, 0.29) is 5.69 Å². The van der Waals surface area contributed by atoms with E-state index in [4.69, 9.17) is 5.73 Å². The normalized spacial score (nSPS) is 12.9. The van der Waals surface area contributed by atoms with Crippen molar-refractivity contribution in [2.75, 3.05) is 7.11 Å². The number of carbonyl (C=O) groups is 1. The summed E-state index contributed by atoms with van der Waals surface area (Å²) in [5, 5.41) is 10.9. The van der Waals surface area contributed by atoms with E-state index in [2.05, 4.69) is 4.74 Å². The van der Waals surface area contributed by atoms with Gasteiger partial charge in [-0.25, -0.2) is 0 Å². The average molecular weight is 252 g/mol. The average Bonchev–Trinajstić information content (AvgIpc) is 2.36. The molecule has 1 atom stereocenters. The summed E-state index contributed by atoms with van der Waals surface area (Å²) in [5.74, 6) is -0.506. The molecule has 0 fully saturated rings. The van der Waals surface area contributed by atoms with Crippen LogP contribution < -0.4 is 5.73 Å². The van der Waals surface area contributed by atoms with Crippen LogP contribution in [0, 0.1) is 15.5 Å². The first-order chi connectivity index (χ1) is 8.32. The number of carbonyl (C=O) groups excluding carboxylic acids is 1. The number of rotatable bonds is 4. The molecule has 6 nitrogen and oxygen atoms in total. The number of benzene rings is 1. The molecular formula is C12H16N2O4. The minimum absolute atomic E-state index is 0.0954. The van der Waals surface area contributed by atoms with Gasteiger partial charge in [0.15, 0.2) is 0 Å². The highest BCUT2D eigenvalue weighted by Gasteiger charge is 2.39. The molecule has 18 heavy (non-hydrogen) atoms. The van der Waals surface area contributed by atoms with Gasteiger partial charge in [0.2, 0.25) is 0 Å². The van der Waals surface area contributed by atoms with E-state index >= 15 is 0 Å². The van der Waals surface area contributed by atoms with E-state index in [1.165, 1.54) is 13.2 Å². The Morgan fingerprint density at radius 2 is 2.00 bits per heavy atom. The van der Waals surface area contributed by atoms with Crippen molar-refractivity contribution in [2.24, 2.45) is 11.1 Å². The molecule has 1 aromatic carbocycles. The molecule has 2 N–H and O–H groups in total. The Balaban J connectivity index is 3.22. The van der Waals surface area contributed by atoms with Crippen LogP contribution >= 0.6 is 0 Å². The summed E-state index contributed by atoms with van der Waals surface area (Å²) in [7, 11) is 1.26. The van der Waals surface area contributed by atoms with Gasteiger partial charge in [-0.2, -0.15) is 0 Å². The van der Waals surface area contributed by atoms with Crippen LogP contribution in [0.15, 0.2) is 24.3 Å². The van der Waals surface area contributed by atoms with Gasteiger partial charge in [-0.3, -0.25) is 14.9 Å². The molecule has 98 valence electrons. The predicted molar refractivity (Wildman–Crippen MR) is 65.8 cm³/mol. The van der Waals surface area contributed by atoms with Crippen LogP contribution in [0.2, 0.25) is 0 Å². The molecule has 0 saturated carbocycles. The lowest BCUT2D eigenvalue weighted by atomic mass is 9.80. The number of esters is 1. The third-order valence-electron chi connectivity index (χ3n) is 2.96. The Bertz CT molecular complexity index is 471. The largest absolute Gasteiger partial charge is 0.469 e. The van der Waals surface area contributed by atoms with Gasteiger partial charge >= 0.3 is 5.97 Å². The van der Waals surface area contributed by atoms with E-state index < -0.39 is 22.3 Å². The molecular weight excluding hydrogens is 236 g/mol. The Labute approximate surface area is 105 Å². The smallest absolute Gasteiger partial charge is 0.313 e. The van der Waals surface area contributed by atoms with Crippen LogP contribution in [-0.2, 0) is 9.53 Å². The van der Waals surface area contributed by atoms with Crippen molar-refractivity contribution in [1.82, 2.24) is 0 Å². The molecule has 0 heterocycles. The maximum absolute atomic E-state index is 11.7. The van der Waals surface area contributed by atoms with Crippen molar-refractivity contribution >= 4 is 11.7 Å². The molecule has 0 amide bonds. The molecule has 0 aliphatic carbocycles. The molecule has 0 saturated heterocycles. The Kier molecular flexibility index (Phi) is 4.03. The molecule has 6 heteroatoms. The fourth-order valence-electron chi connectivity index (χ4n) is 1.70. The molecule has 0 aromatic heterocycles. The number of nitro benzene ring substituents is 1. The summed E-state index contributed by atoms with van der Waals surface area (Å²) in [6.07, 6.45) is 0. The lowest BCUT2D eigenvalue weighted by Crippen LogP contribution is -2.37. The second kappa shape index (κ2) is 5.14. The van der Waals surface area contributed by atoms with Crippen molar-refractivity contribution in [3.63, 3.8) is 0 Å². The third-order valence-corrected chi connectivity index (χ3v) is 2.96. The minimum atomic E-state index is -1.04. The quantitative estimate of drug-likeness (QED) is 0.500. The molecule has 0 aliphatic heterocycles. The van der Waals surface area contributed by atoms with E-state index in [1.807, 2.05) is 0 Å². The van der Waals surface area contributed by atoms with Crippen molar-refractivity contribution in [3.8, 4) is 0 Å². The van der Waals surface area contributed by atoms with Crippen molar-refractivity contribution in [3.05, 3.63) is 39.9 Å². The number of hydrogen-bond donors (Lipinski definition) is 1. The van der Waals surface area contributed by atoms with Gasteiger partial charge in [0.25, 0.3) is 5.69 Å². The molecule has 0 spiro atoms. The lowest BCUT2D eigenvalue weighted by Gasteiger charge is -2.28. The highest BCUT2D eigenvalue weighted by molar-refractivity contribution is 5.77. The second-order valence-corrected chi connectivity index (χ2v) is 4.51. The zero-order chi connectivity index (χ0) is 13.9. The second-order valence-electron chi connectivity index (χ2n) is 4.51. The first kappa shape index (κ1) is 14.1. The number of ether oxygens (including phenoxy) is 1. The topological polar surface area (TPSA) is 95.5 Å². The zero-order valence-corrected chi connectivity index (χ0v) is 10.5. The van der Waals surface area contributed by atoms with E-state index in [9.17, 15) is 14.9 Å². The standard InChI is InChI=1S/C12H16N2O4/c1-12(2,11(15)18-3)10(13)8-6-4-5-7-9(8)14(16)17/h4-7,10H,13H2,1-3H3. The molecule has 1 aromatic rings. The monoisotopic (exact) mass is 252 g/mol. The summed E-state index contributed by atoms with van der Waals surface area (Å²) in [6.45, 7) is 3.19. The maximum Gasteiger partial charge on any atom is 0.313 e. The van der Waals surface area contributed by atoms with Crippen LogP contribution in [0.4, 0.5) is 5.69 Å². The molecule has 0 radical (unpaired) electrons. The van der Waals surface area contributed by atoms with Crippen molar-refractivity contribution in [1.29, 1.82) is 0 Å². The van der Waals surface area contributed by atoms with Crippen LogP contribution in [0.3, 0.4) is 0 Å². The number of nitrogens with zero attached hydrogens (tertiary/aromatic N) is 1. The van der Waals surface area contributed by atoms with Crippen LogP contribution in [0.1, 0.15) is 25.5 Å². The number of methoxy groups -OCH3 is 1. The summed E-state index contributed by atoms with van der Waals surface area (Å²) in [4.78, 5) is 22.1.